The topological polar surface area (TPSA) is 61.4 Å². The molecule has 1 aliphatic carbocycles. The number of phenols is 1. The third-order valence-corrected chi connectivity index (χ3v) is 4.11. The lowest BCUT2D eigenvalue weighted by Crippen LogP contribution is -2.33. The van der Waals surface area contributed by atoms with Gasteiger partial charge in [-0.1, -0.05) is 13.0 Å². The Balaban J connectivity index is 1.99. The average Bonchev–Trinajstić information content (AvgIpc) is 2.71. The molecule has 0 heterocycles. The third kappa shape index (κ3) is 3.56. The number of hydrogen-bond donors (Lipinski definition) is 3. The van der Waals surface area contributed by atoms with Crippen LogP contribution in [0, 0.1) is 6.92 Å². The van der Waals surface area contributed by atoms with Gasteiger partial charge in [0.05, 0.1) is 0 Å². The molecule has 4 nitrogen and oxygen atoms in total. The minimum atomic E-state index is 0.0669. The number of carbonyl (C=O) groups excluding carboxylic acids is 1. The number of fused-ring (bicyclic) bond motifs is 1. The van der Waals surface area contributed by atoms with Crippen LogP contribution in [0.5, 0.6) is 5.75 Å². The fourth-order valence-corrected chi connectivity index (χ4v) is 3.28. The number of aryl methyl sites for hydroxylation is 1. The molecule has 1 amide bonds. The van der Waals surface area contributed by atoms with Gasteiger partial charge in [0.25, 0.3) is 0 Å². The largest absolute Gasteiger partial charge is 0.508 e. The average molecular weight is 290 g/mol. The Morgan fingerprint density at radius 3 is 2.76 bits per heavy atom. The van der Waals surface area contributed by atoms with Crippen LogP contribution in [0.3, 0.4) is 0 Å². The van der Waals surface area contributed by atoms with Crippen molar-refractivity contribution in [2.45, 2.75) is 58.5 Å². The molecule has 0 aromatic heterocycles. The van der Waals surface area contributed by atoms with E-state index < -0.39 is 0 Å². The molecule has 0 spiro atoms. The molecule has 0 bridgehead atoms. The van der Waals surface area contributed by atoms with Gasteiger partial charge in [-0.15, -0.1) is 0 Å². The molecule has 0 saturated heterocycles. The molecule has 1 aromatic rings. The summed E-state index contributed by atoms with van der Waals surface area (Å²) < 4.78 is 0. The second-order valence-corrected chi connectivity index (χ2v) is 6.34. The summed E-state index contributed by atoms with van der Waals surface area (Å²) in [6, 6.07) is 4.06. The minimum absolute atomic E-state index is 0.0669. The summed E-state index contributed by atoms with van der Waals surface area (Å²) in [5, 5.41) is 16.5. The van der Waals surface area contributed by atoms with Crippen LogP contribution in [0.25, 0.3) is 0 Å². The molecule has 1 aromatic carbocycles. The zero-order chi connectivity index (χ0) is 15.6. The van der Waals surface area contributed by atoms with Crippen molar-refractivity contribution in [3.05, 3.63) is 28.8 Å². The highest BCUT2D eigenvalue weighted by Crippen LogP contribution is 2.45. The fraction of sp³-hybridized carbons (Fsp3) is 0.588. The molecule has 2 rings (SSSR count). The van der Waals surface area contributed by atoms with Crippen LogP contribution in [-0.2, 0) is 4.79 Å². The predicted molar refractivity (Wildman–Crippen MR) is 84.5 cm³/mol. The van der Waals surface area contributed by atoms with Gasteiger partial charge in [-0.3, -0.25) is 4.79 Å². The first-order chi connectivity index (χ1) is 9.90. The molecular formula is C17H26N2O2. The van der Waals surface area contributed by atoms with E-state index in [0.29, 0.717) is 24.6 Å². The molecule has 116 valence electrons. The second-order valence-electron chi connectivity index (χ2n) is 6.34. The molecular weight excluding hydrogens is 264 g/mol. The van der Waals surface area contributed by atoms with Gasteiger partial charge >= 0.3 is 0 Å². The lowest BCUT2D eigenvalue weighted by atomic mass is 9.97. The van der Waals surface area contributed by atoms with E-state index in [4.69, 9.17) is 0 Å². The zero-order valence-corrected chi connectivity index (χ0v) is 13.4. The lowest BCUT2D eigenvalue weighted by Gasteiger charge is -2.16. The summed E-state index contributed by atoms with van der Waals surface area (Å²) in [6.45, 7) is 8.83. The van der Waals surface area contributed by atoms with Gasteiger partial charge in [0.2, 0.25) is 5.91 Å². The maximum absolute atomic E-state index is 11.7. The molecule has 0 radical (unpaired) electrons. The second kappa shape index (κ2) is 6.48. The molecule has 0 aliphatic heterocycles. The molecule has 0 fully saturated rings. The first kappa shape index (κ1) is 15.8. The molecule has 1 aliphatic rings. The van der Waals surface area contributed by atoms with E-state index in [9.17, 15) is 9.90 Å². The summed E-state index contributed by atoms with van der Waals surface area (Å²) in [5.74, 6) is 0.871. The normalized spacial score (nSPS) is 20.6. The number of rotatable bonds is 5. The molecule has 2 atom stereocenters. The summed E-state index contributed by atoms with van der Waals surface area (Å²) in [5.41, 5.74) is 3.52. The summed E-state index contributed by atoms with van der Waals surface area (Å²) in [7, 11) is 0. The van der Waals surface area contributed by atoms with Gasteiger partial charge in [0, 0.05) is 30.6 Å². The maximum atomic E-state index is 11.7. The number of hydrogen-bond acceptors (Lipinski definition) is 3. The van der Waals surface area contributed by atoms with Crippen LogP contribution in [0.4, 0.5) is 0 Å². The summed E-state index contributed by atoms with van der Waals surface area (Å²) in [6.07, 6.45) is 1.44. The van der Waals surface area contributed by atoms with E-state index in [1.165, 1.54) is 11.1 Å². The van der Waals surface area contributed by atoms with Gasteiger partial charge in [-0.2, -0.15) is 0 Å². The lowest BCUT2D eigenvalue weighted by molar-refractivity contribution is -0.121. The Kier molecular flexibility index (Phi) is 4.88. The standard InChI is InChI=1S/C17H26N2O2/c1-10(2)19-15(21)7-8-18-13-9-12(4)16-11(3)5-6-14(20)17(13)16/h5-6,10,12-13,18,20H,7-9H2,1-4H3,(H,19,21). The fourth-order valence-electron chi connectivity index (χ4n) is 3.28. The number of nitrogens with one attached hydrogen (secondary N) is 2. The van der Waals surface area contributed by atoms with E-state index in [2.05, 4.69) is 24.5 Å². The van der Waals surface area contributed by atoms with Crippen molar-refractivity contribution in [1.29, 1.82) is 0 Å². The van der Waals surface area contributed by atoms with E-state index in [0.717, 1.165) is 12.0 Å². The van der Waals surface area contributed by atoms with Gasteiger partial charge in [0.15, 0.2) is 0 Å². The maximum Gasteiger partial charge on any atom is 0.221 e. The highest BCUT2D eigenvalue weighted by Gasteiger charge is 2.31. The predicted octanol–water partition coefficient (Wildman–Crippen LogP) is 2.75. The van der Waals surface area contributed by atoms with Crippen molar-refractivity contribution in [3.8, 4) is 5.75 Å². The number of carbonyl (C=O) groups is 1. The molecule has 2 unspecified atom stereocenters. The van der Waals surface area contributed by atoms with Crippen LogP contribution in [0.15, 0.2) is 12.1 Å². The molecule has 0 saturated carbocycles. The van der Waals surface area contributed by atoms with Crippen molar-refractivity contribution in [1.82, 2.24) is 10.6 Å². The minimum Gasteiger partial charge on any atom is -0.508 e. The van der Waals surface area contributed by atoms with Crippen molar-refractivity contribution in [2.75, 3.05) is 6.54 Å². The zero-order valence-electron chi connectivity index (χ0n) is 13.4. The van der Waals surface area contributed by atoms with Gasteiger partial charge in [0.1, 0.15) is 5.75 Å². The SMILES string of the molecule is Cc1ccc(O)c2c1C(C)CC2NCCC(=O)NC(C)C. The Morgan fingerprint density at radius 2 is 2.10 bits per heavy atom. The monoisotopic (exact) mass is 290 g/mol. The Morgan fingerprint density at radius 1 is 1.38 bits per heavy atom. The van der Waals surface area contributed by atoms with Crippen LogP contribution < -0.4 is 10.6 Å². The van der Waals surface area contributed by atoms with E-state index in [-0.39, 0.29) is 18.0 Å². The van der Waals surface area contributed by atoms with Gasteiger partial charge in [-0.25, -0.2) is 0 Å². The Labute approximate surface area is 126 Å². The number of amides is 1. The quantitative estimate of drug-likeness (QED) is 0.781. The molecule has 21 heavy (non-hydrogen) atoms. The Hall–Kier alpha value is -1.55. The highest BCUT2D eigenvalue weighted by atomic mass is 16.3. The van der Waals surface area contributed by atoms with Crippen LogP contribution >= 0.6 is 0 Å². The third-order valence-electron chi connectivity index (χ3n) is 4.11. The number of phenolic OH excluding ortho intramolecular Hbond substituents is 1. The van der Waals surface area contributed by atoms with Gasteiger partial charge < -0.3 is 15.7 Å². The molecule has 4 heteroatoms. The number of benzene rings is 1. The van der Waals surface area contributed by atoms with E-state index in [1.54, 1.807) is 6.07 Å². The first-order valence-corrected chi connectivity index (χ1v) is 7.75. The number of aromatic hydroxyl groups is 1. The van der Waals surface area contributed by atoms with Gasteiger partial charge in [-0.05, 0) is 50.3 Å². The molecule has 3 N–H and O–H groups in total. The van der Waals surface area contributed by atoms with Crippen molar-refractivity contribution in [3.63, 3.8) is 0 Å². The Bertz CT molecular complexity index is 526. The van der Waals surface area contributed by atoms with Crippen LogP contribution in [-0.4, -0.2) is 23.6 Å². The summed E-state index contributed by atoms with van der Waals surface area (Å²) in [4.78, 5) is 11.7. The van der Waals surface area contributed by atoms with Crippen LogP contribution in [0.2, 0.25) is 0 Å². The van der Waals surface area contributed by atoms with E-state index in [1.807, 2.05) is 19.9 Å². The van der Waals surface area contributed by atoms with Crippen molar-refractivity contribution in [2.24, 2.45) is 0 Å². The van der Waals surface area contributed by atoms with Crippen molar-refractivity contribution >= 4 is 5.91 Å². The van der Waals surface area contributed by atoms with Crippen molar-refractivity contribution < 1.29 is 9.90 Å². The first-order valence-electron chi connectivity index (χ1n) is 7.75. The smallest absolute Gasteiger partial charge is 0.221 e. The van der Waals surface area contributed by atoms with E-state index >= 15 is 0 Å². The highest BCUT2D eigenvalue weighted by molar-refractivity contribution is 5.76. The summed E-state index contributed by atoms with van der Waals surface area (Å²) >= 11 is 0. The van der Waals surface area contributed by atoms with Crippen LogP contribution in [0.1, 0.15) is 62.3 Å².